The summed E-state index contributed by atoms with van der Waals surface area (Å²) in [6.07, 6.45) is 1.51. The molecule has 1 aromatic carbocycles. The van der Waals surface area contributed by atoms with E-state index in [1.54, 1.807) is 12.1 Å². The van der Waals surface area contributed by atoms with Crippen LogP contribution in [0.25, 0.3) is 0 Å². The minimum Gasteiger partial charge on any atom is -0.492 e. The van der Waals surface area contributed by atoms with Crippen LogP contribution in [0.15, 0.2) is 23.1 Å². The van der Waals surface area contributed by atoms with Gasteiger partial charge in [-0.1, -0.05) is 6.07 Å². The van der Waals surface area contributed by atoms with E-state index in [-0.39, 0.29) is 17.4 Å². The maximum absolute atomic E-state index is 12.5. The summed E-state index contributed by atoms with van der Waals surface area (Å²) in [6.45, 7) is 5.56. The first kappa shape index (κ1) is 19.2. The lowest BCUT2D eigenvalue weighted by molar-refractivity contribution is 0.00567. The van der Waals surface area contributed by atoms with E-state index < -0.39 is 16.1 Å². The van der Waals surface area contributed by atoms with Crippen LogP contribution in [-0.2, 0) is 14.8 Å². The summed E-state index contributed by atoms with van der Waals surface area (Å²) in [6, 6.07) is 5.09. The Bertz CT molecular complexity index is 626. The van der Waals surface area contributed by atoms with E-state index in [2.05, 4.69) is 4.72 Å². The van der Waals surface area contributed by atoms with Gasteiger partial charge in [0.15, 0.2) is 0 Å². The van der Waals surface area contributed by atoms with E-state index in [9.17, 15) is 13.5 Å². The van der Waals surface area contributed by atoms with E-state index in [4.69, 9.17) is 9.47 Å². The molecule has 1 aliphatic rings. The van der Waals surface area contributed by atoms with E-state index in [0.29, 0.717) is 32.0 Å². The summed E-state index contributed by atoms with van der Waals surface area (Å²) < 4.78 is 38.4. The van der Waals surface area contributed by atoms with Gasteiger partial charge in [-0.3, -0.25) is 0 Å². The van der Waals surface area contributed by atoms with Crippen molar-refractivity contribution >= 4 is 10.0 Å². The topological polar surface area (TPSA) is 84.9 Å². The molecule has 0 aliphatic carbocycles. The molecular weight excluding hydrogens is 330 g/mol. The predicted octanol–water partition coefficient (Wildman–Crippen LogP) is 1.85. The number of ether oxygens (including phenoxy) is 2. The van der Waals surface area contributed by atoms with Gasteiger partial charge in [0.2, 0.25) is 10.0 Å². The SMILES string of the molecule is CCOc1ccc(C)cc1S(=O)(=O)NCC[C@H](O)C1CCOCC1. The molecule has 0 bridgehead atoms. The molecule has 0 radical (unpaired) electrons. The van der Waals surface area contributed by atoms with Crippen LogP contribution < -0.4 is 9.46 Å². The van der Waals surface area contributed by atoms with Gasteiger partial charge in [-0.2, -0.15) is 0 Å². The highest BCUT2D eigenvalue weighted by Crippen LogP contribution is 2.25. The molecule has 24 heavy (non-hydrogen) atoms. The van der Waals surface area contributed by atoms with Gasteiger partial charge in [-0.05, 0) is 56.7 Å². The Morgan fingerprint density at radius 1 is 1.38 bits per heavy atom. The van der Waals surface area contributed by atoms with Crippen molar-refractivity contribution in [3.8, 4) is 5.75 Å². The molecule has 0 aromatic heterocycles. The first-order chi connectivity index (χ1) is 11.4. The highest BCUT2D eigenvalue weighted by Gasteiger charge is 2.24. The molecular formula is C17H27NO5S. The summed E-state index contributed by atoms with van der Waals surface area (Å²) in [5.41, 5.74) is 0.848. The molecule has 1 aliphatic heterocycles. The van der Waals surface area contributed by atoms with Crippen LogP contribution in [0.5, 0.6) is 5.75 Å². The third-order valence-electron chi connectivity index (χ3n) is 4.23. The molecule has 1 saturated heterocycles. The van der Waals surface area contributed by atoms with E-state index in [0.717, 1.165) is 18.4 Å². The van der Waals surface area contributed by atoms with Crippen molar-refractivity contribution in [3.63, 3.8) is 0 Å². The number of rotatable bonds is 8. The van der Waals surface area contributed by atoms with Gasteiger partial charge in [0, 0.05) is 19.8 Å². The highest BCUT2D eigenvalue weighted by molar-refractivity contribution is 7.89. The van der Waals surface area contributed by atoms with Crippen LogP contribution in [0.4, 0.5) is 0 Å². The fraction of sp³-hybridized carbons (Fsp3) is 0.647. The molecule has 0 amide bonds. The van der Waals surface area contributed by atoms with Gasteiger partial charge < -0.3 is 14.6 Å². The third kappa shape index (κ3) is 5.17. The van der Waals surface area contributed by atoms with Crippen LogP contribution >= 0.6 is 0 Å². The number of aryl methyl sites for hydroxylation is 1. The van der Waals surface area contributed by atoms with Crippen molar-refractivity contribution < 1.29 is 23.0 Å². The van der Waals surface area contributed by atoms with Gasteiger partial charge in [0.05, 0.1) is 12.7 Å². The number of aliphatic hydroxyl groups excluding tert-OH is 1. The highest BCUT2D eigenvalue weighted by atomic mass is 32.2. The Kier molecular flexibility index (Phi) is 7.03. The maximum Gasteiger partial charge on any atom is 0.244 e. The molecule has 0 spiro atoms. The molecule has 136 valence electrons. The van der Waals surface area contributed by atoms with E-state index in [1.807, 2.05) is 19.9 Å². The Hall–Kier alpha value is -1.15. The number of nitrogens with one attached hydrogen (secondary N) is 1. The van der Waals surface area contributed by atoms with Crippen molar-refractivity contribution in [1.82, 2.24) is 4.72 Å². The Morgan fingerprint density at radius 3 is 2.75 bits per heavy atom. The second-order valence-corrected chi connectivity index (χ2v) is 7.82. The predicted molar refractivity (Wildman–Crippen MR) is 91.7 cm³/mol. The second kappa shape index (κ2) is 8.80. The number of sulfonamides is 1. The van der Waals surface area contributed by atoms with Crippen molar-refractivity contribution in [2.45, 2.75) is 44.1 Å². The number of benzene rings is 1. The second-order valence-electron chi connectivity index (χ2n) is 6.09. The Balaban J connectivity index is 1.97. The van der Waals surface area contributed by atoms with Crippen molar-refractivity contribution in [3.05, 3.63) is 23.8 Å². The summed E-state index contributed by atoms with van der Waals surface area (Å²) in [7, 11) is -3.67. The monoisotopic (exact) mass is 357 g/mol. The smallest absolute Gasteiger partial charge is 0.244 e. The molecule has 1 aromatic rings. The average molecular weight is 357 g/mol. The minimum atomic E-state index is -3.67. The van der Waals surface area contributed by atoms with E-state index in [1.165, 1.54) is 0 Å². The molecule has 1 fully saturated rings. The lowest BCUT2D eigenvalue weighted by atomic mass is 9.92. The summed E-state index contributed by atoms with van der Waals surface area (Å²) >= 11 is 0. The fourth-order valence-electron chi connectivity index (χ4n) is 2.86. The van der Waals surface area contributed by atoms with Gasteiger partial charge in [0.25, 0.3) is 0 Å². The van der Waals surface area contributed by atoms with Crippen LogP contribution in [0, 0.1) is 12.8 Å². The maximum atomic E-state index is 12.5. The van der Waals surface area contributed by atoms with Crippen molar-refractivity contribution in [2.75, 3.05) is 26.4 Å². The molecule has 2 N–H and O–H groups in total. The summed E-state index contributed by atoms with van der Waals surface area (Å²) in [5, 5.41) is 10.2. The zero-order valence-electron chi connectivity index (χ0n) is 14.3. The van der Waals surface area contributed by atoms with Crippen LogP contribution in [0.2, 0.25) is 0 Å². The van der Waals surface area contributed by atoms with Gasteiger partial charge >= 0.3 is 0 Å². The Labute approximate surface area is 144 Å². The Morgan fingerprint density at radius 2 is 2.08 bits per heavy atom. The molecule has 6 nitrogen and oxygen atoms in total. The van der Waals surface area contributed by atoms with Crippen LogP contribution in [-0.4, -0.2) is 46.0 Å². The lowest BCUT2D eigenvalue weighted by Gasteiger charge is -2.26. The largest absolute Gasteiger partial charge is 0.492 e. The zero-order valence-corrected chi connectivity index (χ0v) is 15.1. The molecule has 0 unspecified atom stereocenters. The summed E-state index contributed by atoms with van der Waals surface area (Å²) in [4.78, 5) is 0.143. The lowest BCUT2D eigenvalue weighted by Crippen LogP contribution is -2.32. The van der Waals surface area contributed by atoms with E-state index >= 15 is 0 Å². The molecule has 1 heterocycles. The normalized spacial score (nSPS) is 17.6. The number of hydrogen-bond acceptors (Lipinski definition) is 5. The van der Waals surface area contributed by atoms with Gasteiger partial charge in [0.1, 0.15) is 10.6 Å². The molecule has 0 saturated carbocycles. The van der Waals surface area contributed by atoms with Crippen molar-refractivity contribution in [2.24, 2.45) is 5.92 Å². The number of aliphatic hydroxyl groups is 1. The quantitative estimate of drug-likeness (QED) is 0.742. The zero-order chi connectivity index (χ0) is 17.6. The number of hydrogen-bond donors (Lipinski definition) is 2. The van der Waals surface area contributed by atoms with Gasteiger partial charge in [-0.15, -0.1) is 0 Å². The van der Waals surface area contributed by atoms with Gasteiger partial charge in [-0.25, -0.2) is 13.1 Å². The van der Waals surface area contributed by atoms with Crippen LogP contribution in [0.1, 0.15) is 31.7 Å². The molecule has 7 heteroatoms. The standard InChI is InChI=1S/C17H27NO5S/c1-3-23-16-5-4-13(2)12-17(16)24(20,21)18-9-6-15(19)14-7-10-22-11-8-14/h4-5,12,14-15,18-19H,3,6-11H2,1-2H3/t15-/m0/s1. The third-order valence-corrected chi connectivity index (χ3v) is 5.71. The fourth-order valence-corrected chi connectivity index (χ4v) is 4.13. The van der Waals surface area contributed by atoms with Crippen LogP contribution in [0.3, 0.4) is 0 Å². The minimum absolute atomic E-state index is 0.143. The summed E-state index contributed by atoms with van der Waals surface area (Å²) in [5.74, 6) is 0.529. The first-order valence-corrected chi connectivity index (χ1v) is 9.91. The molecule has 1 atom stereocenters. The van der Waals surface area contributed by atoms with Crippen molar-refractivity contribution in [1.29, 1.82) is 0 Å². The average Bonchev–Trinajstić information content (AvgIpc) is 2.57. The molecule has 2 rings (SSSR count). The first-order valence-electron chi connectivity index (χ1n) is 8.43.